The van der Waals surface area contributed by atoms with Gasteiger partial charge in [-0.1, -0.05) is 24.3 Å². The van der Waals surface area contributed by atoms with Crippen molar-refractivity contribution in [3.05, 3.63) is 35.9 Å². The lowest BCUT2D eigenvalue weighted by Crippen LogP contribution is -2.37. The molecule has 1 aliphatic heterocycles. The Balaban J connectivity index is 2.01. The van der Waals surface area contributed by atoms with Gasteiger partial charge in [-0.3, -0.25) is 0 Å². The van der Waals surface area contributed by atoms with E-state index in [1.165, 1.54) is 6.42 Å². The molecule has 1 aliphatic rings. The summed E-state index contributed by atoms with van der Waals surface area (Å²) in [6.45, 7) is 5.94. The lowest BCUT2D eigenvalue weighted by atomic mass is 10.1. The largest absolute Gasteiger partial charge is 0.488 e. The molecule has 0 bridgehead atoms. The third kappa shape index (κ3) is 4.12. The summed E-state index contributed by atoms with van der Waals surface area (Å²) >= 11 is 11.4. The summed E-state index contributed by atoms with van der Waals surface area (Å²) in [4.78, 5) is 2.09. The molecule has 0 saturated carbocycles. The predicted octanol–water partition coefficient (Wildman–Crippen LogP) is 4.05. The molecule has 0 radical (unpaired) electrons. The molecule has 0 unspecified atom stereocenters. The highest BCUT2D eigenvalue weighted by molar-refractivity contribution is 7.80. The highest BCUT2D eigenvalue weighted by atomic mass is 35.5. The van der Waals surface area contributed by atoms with E-state index in [9.17, 15) is 0 Å². The number of hydrogen-bond donors (Lipinski definition) is 0. The number of halogens is 1. The Morgan fingerprint density at radius 1 is 1.35 bits per heavy atom. The van der Waals surface area contributed by atoms with Crippen LogP contribution in [0.25, 0.3) is 0 Å². The summed E-state index contributed by atoms with van der Waals surface area (Å²) in [5, 5.41) is 1.06. The molecule has 20 heavy (non-hydrogen) atoms. The molecule has 0 atom stereocenters. The van der Waals surface area contributed by atoms with Crippen LogP contribution in [0.5, 0.6) is 11.5 Å². The first-order valence-electron chi connectivity index (χ1n) is 6.70. The van der Waals surface area contributed by atoms with Crippen LogP contribution in [0.4, 0.5) is 0 Å². The maximum atomic E-state index is 6.06. The lowest BCUT2D eigenvalue weighted by molar-refractivity contribution is 0.299. The number of piperidine rings is 1. The van der Waals surface area contributed by atoms with Crippen molar-refractivity contribution >= 4 is 29.0 Å². The smallest absolute Gasteiger partial charge is 0.264 e. The van der Waals surface area contributed by atoms with Gasteiger partial charge in [0, 0.05) is 19.2 Å². The van der Waals surface area contributed by atoms with Crippen LogP contribution in [0.15, 0.2) is 30.9 Å². The highest BCUT2D eigenvalue weighted by Gasteiger charge is 2.15. The van der Waals surface area contributed by atoms with Crippen LogP contribution in [-0.4, -0.2) is 29.8 Å². The number of likely N-dealkylation sites (tertiary alicyclic amines) is 1. The van der Waals surface area contributed by atoms with Crippen LogP contribution < -0.4 is 9.47 Å². The first-order valence-corrected chi connectivity index (χ1v) is 7.49. The molecule has 108 valence electrons. The molecule has 3 nitrogen and oxygen atoms in total. The van der Waals surface area contributed by atoms with Gasteiger partial charge in [-0.15, -0.1) is 0 Å². The molecule has 1 aromatic rings. The van der Waals surface area contributed by atoms with Crippen molar-refractivity contribution in [3.63, 3.8) is 0 Å². The molecule has 1 aromatic carbocycles. The zero-order chi connectivity index (χ0) is 14.4. The standard InChI is InChI=1S/C15H18ClNO2S/c1-2-10-18-14-11-12(6-7-13(14)16)19-15(20)17-8-4-3-5-9-17/h2,6-7,11H,1,3-5,8-10H2. The van der Waals surface area contributed by atoms with Gasteiger partial charge in [0.05, 0.1) is 5.02 Å². The number of ether oxygens (including phenoxy) is 2. The van der Waals surface area contributed by atoms with E-state index in [0.29, 0.717) is 28.3 Å². The maximum absolute atomic E-state index is 6.06. The van der Waals surface area contributed by atoms with Gasteiger partial charge in [-0.05, 0) is 43.6 Å². The van der Waals surface area contributed by atoms with Crippen molar-refractivity contribution in [2.75, 3.05) is 19.7 Å². The van der Waals surface area contributed by atoms with Crippen LogP contribution in [0.2, 0.25) is 5.02 Å². The van der Waals surface area contributed by atoms with E-state index in [1.54, 1.807) is 24.3 Å². The van der Waals surface area contributed by atoms with Gasteiger partial charge < -0.3 is 14.4 Å². The molecular weight excluding hydrogens is 294 g/mol. The van der Waals surface area contributed by atoms with Crippen molar-refractivity contribution in [3.8, 4) is 11.5 Å². The van der Waals surface area contributed by atoms with Gasteiger partial charge >= 0.3 is 0 Å². The fourth-order valence-electron chi connectivity index (χ4n) is 2.05. The van der Waals surface area contributed by atoms with Crippen LogP contribution >= 0.6 is 23.8 Å². The Morgan fingerprint density at radius 2 is 2.10 bits per heavy atom. The second-order valence-corrected chi connectivity index (χ2v) is 5.36. The summed E-state index contributed by atoms with van der Waals surface area (Å²) in [5.74, 6) is 1.22. The normalized spacial score (nSPS) is 14.8. The zero-order valence-electron chi connectivity index (χ0n) is 11.3. The Bertz CT molecular complexity index is 487. The fraction of sp³-hybridized carbons (Fsp3) is 0.400. The Morgan fingerprint density at radius 3 is 2.80 bits per heavy atom. The van der Waals surface area contributed by atoms with E-state index in [1.807, 2.05) is 0 Å². The Kier molecular flexibility index (Phi) is 5.68. The average molecular weight is 312 g/mol. The van der Waals surface area contributed by atoms with Crippen molar-refractivity contribution in [1.29, 1.82) is 0 Å². The molecule has 1 fully saturated rings. The van der Waals surface area contributed by atoms with Crippen molar-refractivity contribution < 1.29 is 9.47 Å². The summed E-state index contributed by atoms with van der Waals surface area (Å²) in [7, 11) is 0. The van der Waals surface area contributed by atoms with Crippen LogP contribution in [0.1, 0.15) is 19.3 Å². The first-order chi connectivity index (χ1) is 9.70. The van der Waals surface area contributed by atoms with Crippen LogP contribution in [0.3, 0.4) is 0 Å². The first kappa shape index (κ1) is 15.1. The summed E-state index contributed by atoms with van der Waals surface area (Å²) in [6, 6.07) is 5.29. The van der Waals surface area contributed by atoms with Gasteiger partial charge in [0.1, 0.15) is 18.1 Å². The minimum atomic E-state index is 0.403. The third-order valence-electron chi connectivity index (χ3n) is 3.08. The third-order valence-corrected chi connectivity index (χ3v) is 3.73. The molecule has 1 saturated heterocycles. The molecular formula is C15H18ClNO2S. The van der Waals surface area contributed by atoms with Crippen molar-refractivity contribution in [1.82, 2.24) is 4.90 Å². The number of rotatable bonds is 4. The molecule has 0 amide bonds. The van der Waals surface area contributed by atoms with Crippen LogP contribution in [0, 0.1) is 0 Å². The number of benzene rings is 1. The molecule has 0 spiro atoms. The van der Waals surface area contributed by atoms with Gasteiger partial charge in [-0.2, -0.15) is 0 Å². The van der Waals surface area contributed by atoms with Crippen molar-refractivity contribution in [2.24, 2.45) is 0 Å². The molecule has 2 rings (SSSR count). The van der Waals surface area contributed by atoms with Gasteiger partial charge in [0.15, 0.2) is 0 Å². The molecule has 0 aliphatic carbocycles. The fourth-order valence-corrected chi connectivity index (χ4v) is 2.50. The van der Waals surface area contributed by atoms with E-state index < -0.39 is 0 Å². The second-order valence-electron chi connectivity index (χ2n) is 4.61. The van der Waals surface area contributed by atoms with Crippen molar-refractivity contribution in [2.45, 2.75) is 19.3 Å². The van der Waals surface area contributed by atoms with E-state index >= 15 is 0 Å². The highest BCUT2D eigenvalue weighted by Crippen LogP contribution is 2.29. The molecule has 0 N–H and O–H groups in total. The quantitative estimate of drug-likeness (QED) is 0.617. The minimum Gasteiger partial charge on any atom is -0.488 e. The monoisotopic (exact) mass is 311 g/mol. The van der Waals surface area contributed by atoms with Gasteiger partial charge in [0.25, 0.3) is 5.17 Å². The van der Waals surface area contributed by atoms with E-state index in [2.05, 4.69) is 11.5 Å². The Hall–Kier alpha value is -1.26. The van der Waals surface area contributed by atoms with Crippen LogP contribution in [-0.2, 0) is 0 Å². The topological polar surface area (TPSA) is 21.7 Å². The SMILES string of the molecule is C=CCOc1cc(OC(=S)N2CCCCC2)ccc1Cl. The summed E-state index contributed by atoms with van der Waals surface area (Å²) in [5.41, 5.74) is 0. The molecule has 0 aromatic heterocycles. The lowest BCUT2D eigenvalue weighted by Gasteiger charge is -2.28. The number of thiocarbonyl (C=S) groups is 1. The van der Waals surface area contributed by atoms with Gasteiger partial charge in [0.2, 0.25) is 0 Å². The molecule has 1 heterocycles. The predicted molar refractivity (Wildman–Crippen MR) is 85.8 cm³/mol. The molecule has 5 heteroatoms. The number of hydrogen-bond acceptors (Lipinski definition) is 3. The van der Waals surface area contributed by atoms with E-state index in [0.717, 1.165) is 25.9 Å². The summed E-state index contributed by atoms with van der Waals surface area (Å²) < 4.78 is 11.2. The average Bonchev–Trinajstić information content (AvgIpc) is 2.48. The van der Waals surface area contributed by atoms with E-state index in [-0.39, 0.29) is 0 Å². The Labute approximate surface area is 130 Å². The van der Waals surface area contributed by atoms with E-state index in [4.69, 9.17) is 33.3 Å². The number of nitrogens with zero attached hydrogens (tertiary/aromatic N) is 1. The summed E-state index contributed by atoms with van der Waals surface area (Å²) in [6.07, 6.45) is 5.26. The van der Waals surface area contributed by atoms with Gasteiger partial charge in [-0.25, -0.2) is 0 Å². The second kappa shape index (κ2) is 7.50. The zero-order valence-corrected chi connectivity index (χ0v) is 12.9. The maximum Gasteiger partial charge on any atom is 0.264 e. The minimum absolute atomic E-state index is 0.403.